The molecule has 1 heterocycles. The Morgan fingerprint density at radius 1 is 0.914 bits per heavy atom. The lowest BCUT2D eigenvalue weighted by Gasteiger charge is -2.39. The first kappa shape index (κ1) is 25.9. The van der Waals surface area contributed by atoms with Gasteiger partial charge in [-0.05, 0) is 42.7 Å². The Balaban J connectivity index is 1.59. The first-order valence-electron chi connectivity index (χ1n) is 11.1. The SMILES string of the molecule is COc1ccccc1S(=O)(=O)N1CCC(C(=O)OCc2c(Br)cccc2Br)(c2ccccc2)CC1. The van der Waals surface area contributed by atoms with Gasteiger partial charge in [-0.15, -0.1) is 0 Å². The van der Waals surface area contributed by atoms with Gasteiger partial charge in [0.05, 0.1) is 12.5 Å². The standard InChI is InChI=1S/C26H25Br2NO5S/c1-33-23-12-5-6-13-24(23)35(31,32)29-16-14-26(15-17-29,19-8-3-2-4-9-19)25(30)34-18-20-21(27)10-7-11-22(20)28/h2-13H,14-18H2,1H3. The minimum atomic E-state index is -3.79. The number of piperidine rings is 1. The van der Waals surface area contributed by atoms with E-state index < -0.39 is 15.4 Å². The predicted molar refractivity (Wildman–Crippen MR) is 141 cm³/mol. The van der Waals surface area contributed by atoms with Gasteiger partial charge in [0.25, 0.3) is 0 Å². The van der Waals surface area contributed by atoms with Crippen molar-refractivity contribution in [2.24, 2.45) is 0 Å². The van der Waals surface area contributed by atoms with Crippen molar-refractivity contribution < 1.29 is 22.7 Å². The number of para-hydroxylation sites is 1. The van der Waals surface area contributed by atoms with E-state index in [9.17, 15) is 13.2 Å². The van der Waals surface area contributed by atoms with Crippen molar-refractivity contribution >= 4 is 47.9 Å². The summed E-state index contributed by atoms with van der Waals surface area (Å²) >= 11 is 7.02. The van der Waals surface area contributed by atoms with Gasteiger partial charge in [-0.3, -0.25) is 4.79 Å². The number of rotatable bonds is 7. The zero-order chi connectivity index (χ0) is 25.1. The Morgan fingerprint density at radius 2 is 1.51 bits per heavy atom. The second-order valence-corrected chi connectivity index (χ2v) is 11.9. The lowest BCUT2D eigenvalue weighted by atomic mass is 9.73. The van der Waals surface area contributed by atoms with Crippen molar-refractivity contribution in [2.75, 3.05) is 20.2 Å². The van der Waals surface area contributed by atoms with Crippen molar-refractivity contribution in [3.05, 3.63) is 92.9 Å². The third-order valence-corrected chi connectivity index (χ3v) is 9.81. The molecule has 1 aliphatic heterocycles. The lowest BCUT2D eigenvalue weighted by molar-refractivity contribution is -0.154. The zero-order valence-electron chi connectivity index (χ0n) is 19.1. The van der Waals surface area contributed by atoms with Gasteiger partial charge in [-0.1, -0.05) is 80.4 Å². The molecule has 0 amide bonds. The maximum absolute atomic E-state index is 13.6. The fourth-order valence-electron chi connectivity index (χ4n) is 4.39. The Hall–Kier alpha value is -2.20. The zero-order valence-corrected chi connectivity index (χ0v) is 23.1. The van der Waals surface area contributed by atoms with Crippen LogP contribution in [0.5, 0.6) is 5.75 Å². The molecular weight excluding hydrogens is 598 g/mol. The Bertz CT molecular complexity index is 1290. The van der Waals surface area contributed by atoms with Crippen LogP contribution in [-0.2, 0) is 31.6 Å². The van der Waals surface area contributed by atoms with E-state index in [1.807, 2.05) is 48.5 Å². The van der Waals surface area contributed by atoms with Crippen LogP contribution in [0.2, 0.25) is 0 Å². The highest BCUT2D eigenvalue weighted by Gasteiger charge is 2.46. The van der Waals surface area contributed by atoms with E-state index in [0.717, 1.165) is 20.1 Å². The largest absolute Gasteiger partial charge is 0.495 e. The third-order valence-electron chi connectivity index (χ3n) is 6.39. The van der Waals surface area contributed by atoms with Crippen LogP contribution in [0.3, 0.4) is 0 Å². The molecule has 0 saturated carbocycles. The van der Waals surface area contributed by atoms with Crippen LogP contribution in [0.15, 0.2) is 86.6 Å². The summed E-state index contributed by atoms with van der Waals surface area (Å²) in [6.07, 6.45) is 0.614. The van der Waals surface area contributed by atoms with E-state index in [4.69, 9.17) is 9.47 Å². The number of sulfonamides is 1. The van der Waals surface area contributed by atoms with Crippen LogP contribution >= 0.6 is 31.9 Å². The first-order valence-corrected chi connectivity index (χ1v) is 14.1. The Labute approximate surface area is 222 Å². The molecular formula is C26H25Br2NO5S. The molecule has 0 aromatic heterocycles. The quantitative estimate of drug-likeness (QED) is 0.317. The smallest absolute Gasteiger partial charge is 0.316 e. The molecule has 0 aliphatic carbocycles. The number of ether oxygens (including phenoxy) is 2. The maximum atomic E-state index is 13.6. The van der Waals surface area contributed by atoms with Crippen LogP contribution in [0, 0.1) is 0 Å². The summed E-state index contributed by atoms with van der Waals surface area (Å²) in [6.45, 7) is 0.463. The summed E-state index contributed by atoms with van der Waals surface area (Å²) in [5.74, 6) is -0.0634. The summed E-state index contributed by atoms with van der Waals surface area (Å²) in [5, 5.41) is 0. The normalized spacial score (nSPS) is 16.0. The molecule has 6 nitrogen and oxygen atoms in total. The van der Waals surface area contributed by atoms with Gasteiger partial charge in [-0.25, -0.2) is 8.42 Å². The average molecular weight is 623 g/mol. The van der Waals surface area contributed by atoms with Crippen molar-refractivity contribution in [3.63, 3.8) is 0 Å². The average Bonchev–Trinajstić information content (AvgIpc) is 2.88. The predicted octanol–water partition coefficient (Wildman–Crippen LogP) is 5.69. The van der Waals surface area contributed by atoms with Crippen molar-refractivity contribution in [1.82, 2.24) is 4.31 Å². The molecule has 1 saturated heterocycles. The second kappa shape index (κ2) is 10.8. The van der Waals surface area contributed by atoms with Crippen LogP contribution < -0.4 is 4.74 Å². The molecule has 0 N–H and O–H groups in total. The van der Waals surface area contributed by atoms with Gasteiger partial charge >= 0.3 is 5.97 Å². The number of benzene rings is 3. The van der Waals surface area contributed by atoms with E-state index in [1.54, 1.807) is 18.2 Å². The van der Waals surface area contributed by atoms with Gasteiger partial charge in [0.2, 0.25) is 10.0 Å². The summed E-state index contributed by atoms with van der Waals surface area (Å²) < 4.78 is 41.0. The molecule has 0 bridgehead atoms. The van der Waals surface area contributed by atoms with Gasteiger partial charge < -0.3 is 9.47 Å². The first-order chi connectivity index (χ1) is 16.8. The molecule has 0 spiro atoms. The maximum Gasteiger partial charge on any atom is 0.316 e. The minimum absolute atomic E-state index is 0.0959. The van der Waals surface area contributed by atoms with E-state index in [-0.39, 0.29) is 30.6 Å². The second-order valence-electron chi connectivity index (χ2n) is 8.28. The van der Waals surface area contributed by atoms with Gasteiger partial charge in [0.1, 0.15) is 17.3 Å². The molecule has 3 aromatic carbocycles. The molecule has 35 heavy (non-hydrogen) atoms. The van der Waals surface area contributed by atoms with Crippen molar-refractivity contribution in [3.8, 4) is 5.75 Å². The summed E-state index contributed by atoms with van der Waals surface area (Å²) in [7, 11) is -2.34. The highest BCUT2D eigenvalue weighted by atomic mass is 79.9. The number of nitrogens with zero attached hydrogens (tertiary/aromatic N) is 1. The molecule has 1 aliphatic rings. The van der Waals surface area contributed by atoms with Gasteiger partial charge in [0, 0.05) is 27.6 Å². The molecule has 9 heteroatoms. The van der Waals surface area contributed by atoms with E-state index >= 15 is 0 Å². The van der Waals surface area contributed by atoms with E-state index in [1.165, 1.54) is 17.5 Å². The topological polar surface area (TPSA) is 72.9 Å². The van der Waals surface area contributed by atoms with Crippen LogP contribution in [0.1, 0.15) is 24.0 Å². The monoisotopic (exact) mass is 621 g/mol. The summed E-state index contributed by atoms with van der Waals surface area (Å²) in [6, 6.07) is 21.7. The highest BCUT2D eigenvalue weighted by molar-refractivity contribution is 9.11. The minimum Gasteiger partial charge on any atom is -0.495 e. The molecule has 184 valence electrons. The van der Waals surface area contributed by atoms with Crippen LogP contribution in [0.4, 0.5) is 0 Å². The number of hydrogen-bond donors (Lipinski definition) is 0. The number of hydrogen-bond acceptors (Lipinski definition) is 5. The third kappa shape index (κ3) is 5.18. The molecule has 3 aromatic rings. The number of esters is 1. The van der Waals surface area contributed by atoms with Gasteiger partial charge in [0.15, 0.2) is 0 Å². The highest BCUT2D eigenvalue weighted by Crippen LogP contribution is 2.40. The Kier molecular flexibility index (Phi) is 8.00. The van der Waals surface area contributed by atoms with Gasteiger partial charge in [-0.2, -0.15) is 4.31 Å². The van der Waals surface area contributed by atoms with Crippen molar-refractivity contribution in [2.45, 2.75) is 29.8 Å². The molecule has 0 unspecified atom stereocenters. The van der Waals surface area contributed by atoms with E-state index in [0.29, 0.717) is 18.6 Å². The van der Waals surface area contributed by atoms with Crippen LogP contribution in [-0.4, -0.2) is 38.9 Å². The number of carbonyl (C=O) groups excluding carboxylic acids is 1. The molecule has 0 atom stereocenters. The van der Waals surface area contributed by atoms with Crippen molar-refractivity contribution in [1.29, 1.82) is 0 Å². The molecule has 0 radical (unpaired) electrons. The number of methoxy groups -OCH3 is 1. The molecule has 4 rings (SSSR count). The number of halogens is 2. The Morgan fingerprint density at radius 3 is 2.14 bits per heavy atom. The lowest BCUT2D eigenvalue weighted by Crippen LogP contribution is -2.49. The molecule has 1 fully saturated rings. The summed E-state index contributed by atoms with van der Waals surface area (Å²) in [5.41, 5.74) is 0.715. The number of carbonyl (C=O) groups is 1. The fraction of sp³-hybridized carbons (Fsp3) is 0.269. The van der Waals surface area contributed by atoms with Crippen LogP contribution in [0.25, 0.3) is 0 Å². The fourth-order valence-corrected chi connectivity index (χ4v) is 7.22. The summed E-state index contributed by atoms with van der Waals surface area (Å²) in [4.78, 5) is 13.7. The van der Waals surface area contributed by atoms with E-state index in [2.05, 4.69) is 31.9 Å².